The van der Waals surface area contributed by atoms with Crippen molar-refractivity contribution in [1.29, 1.82) is 5.26 Å². The molecule has 0 N–H and O–H groups in total. The topological polar surface area (TPSA) is 53.3 Å². The molecule has 0 aromatic rings. The number of rotatable bonds is 5. The van der Waals surface area contributed by atoms with E-state index < -0.39 is 5.41 Å². The van der Waals surface area contributed by atoms with Gasteiger partial charge in [-0.3, -0.25) is 4.79 Å². The normalized spacial score (nSPS) is 15.9. The molecule has 0 bridgehead atoms. The first kappa shape index (κ1) is 12.0. The van der Waals surface area contributed by atoms with Crippen LogP contribution in [0.1, 0.15) is 26.7 Å². The van der Waals surface area contributed by atoms with Crippen LogP contribution in [0, 0.1) is 16.7 Å². The Hall–Kier alpha value is -1.08. The van der Waals surface area contributed by atoms with Crippen molar-refractivity contribution >= 4 is 5.91 Å². The highest BCUT2D eigenvalue weighted by Crippen LogP contribution is 2.30. The van der Waals surface area contributed by atoms with Gasteiger partial charge in [0.05, 0.1) is 12.7 Å². The van der Waals surface area contributed by atoms with Crippen LogP contribution in [0.25, 0.3) is 0 Å². The van der Waals surface area contributed by atoms with Gasteiger partial charge in [-0.1, -0.05) is 0 Å². The number of amides is 1. The van der Waals surface area contributed by atoms with Gasteiger partial charge >= 0.3 is 0 Å². The zero-order valence-corrected chi connectivity index (χ0v) is 9.62. The van der Waals surface area contributed by atoms with Gasteiger partial charge in [0.2, 0.25) is 5.91 Å². The summed E-state index contributed by atoms with van der Waals surface area (Å²) in [6, 6.07) is 2.38. The van der Waals surface area contributed by atoms with E-state index in [2.05, 4.69) is 0 Å². The molecule has 4 nitrogen and oxygen atoms in total. The average Bonchev–Trinajstić information content (AvgIpc) is 3.02. The number of nitriles is 1. The number of methoxy groups -OCH3 is 1. The second-order valence-corrected chi connectivity index (χ2v) is 4.46. The van der Waals surface area contributed by atoms with Gasteiger partial charge in [-0.15, -0.1) is 0 Å². The van der Waals surface area contributed by atoms with E-state index in [1.165, 1.54) is 0 Å². The quantitative estimate of drug-likeness (QED) is 0.684. The molecule has 1 fully saturated rings. The van der Waals surface area contributed by atoms with Crippen LogP contribution in [0.15, 0.2) is 0 Å². The van der Waals surface area contributed by atoms with Crippen molar-refractivity contribution in [3.05, 3.63) is 0 Å². The number of ether oxygens (including phenoxy) is 1. The first-order valence-electron chi connectivity index (χ1n) is 5.24. The van der Waals surface area contributed by atoms with Crippen LogP contribution in [0.3, 0.4) is 0 Å². The largest absolute Gasteiger partial charge is 0.383 e. The van der Waals surface area contributed by atoms with E-state index in [-0.39, 0.29) is 5.91 Å². The predicted octanol–water partition coefficient (Wildman–Crippen LogP) is 1.17. The van der Waals surface area contributed by atoms with Crippen LogP contribution < -0.4 is 0 Å². The molecule has 0 unspecified atom stereocenters. The number of carbonyl (C=O) groups is 1. The summed E-state index contributed by atoms with van der Waals surface area (Å²) in [6.07, 6.45) is 2.11. The highest BCUT2D eigenvalue weighted by Gasteiger charge is 2.39. The van der Waals surface area contributed by atoms with Crippen LogP contribution in [0.5, 0.6) is 0 Å². The molecule has 4 heteroatoms. The summed E-state index contributed by atoms with van der Waals surface area (Å²) in [7, 11) is 1.62. The molecule has 1 saturated carbocycles. The molecule has 0 aliphatic heterocycles. The van der Waals surface area contributed by atoms with Gasteiger partial charge in [-0.05, 0) is 26.7 Å². The van der Waals surface area contributed by atoms with Crippen LogP contribution in [-0.2, 0) is 9.53 Å². The third kappa shape index (κ3) is 2.93. The van der Waals surface area contributed by atoms with Gasteiger partial charge in [0.15, 0.2) is 0 Å². The predicted molar refractivity (Wildman–Crippen MR) is 56.0 cm³/mol. The molecule has 0 spiro atoms. The Morgan fingerprint density at radius 3 is 2.60 bits per heavy atom. The molecule has 15 heavy (non-hydrogen) atoms. The molecule has 0 heterocycles. The van der Waals surface area contributed by atoms with E-state index in [1.54, 1.807) is 25.9 Å². The van der Waals surface area contributed by atoms with Gasteiger partial charge in [0.1, 0.15) is 5.41 Å². The molecule has 0 aromatic heterocycles. The zero-order valence-electron chi connectivity index (χ0n) is 9.62. The smallest absolute Gasteiger partial charge is 0.242 e. The minimum absolute atomic E-state index is 0.0791. The summed E-state index contributed by atoms with van der Waals surface area (Å²) in [5.74, 6) is -0.0791. The molecular weight excluding hydrogens is 192 g/mol. The lowest BCUT2D eigenvalue weighted by Crippen LogP contribution is -2.43. The Balaban J connectivity index is 2.63. The maximum Gasteiger partial charge on any atom is 0.242 e. The summed E-state index contributed by atoms with van der Waals surface area (Å²) < 4.78 is 4.97. The monoisotopic (exact) mass is 210 g/mol. The molecular formula is C11H18N2O2. The highest BCUT2D eigenvalue weighted by molar-refractivity contribution is 5.85. The molecule has 84 valence electrons. The Kier molecular flexibility index (Phi) is 3.70. The molecule has 1 aliphatic carbocycles. The van der Waals surface area contributed by atoms with E-state index >= 15 is 0 Å². The Bertz CT molecular complexity index is 277. The average molecular weight is 210 g/mol. The number of nitrogens with zero attached hydrogens (tertiary/aromatic N) is 2. The molecule has 1 rings (SSSR count). The molecule has 0 aromatic carbocycles. The molecule has 1 aliphatic rings. The highest BCUT2D eigenvalue weighted by atomic mass is 16.5. The lowest BCUT2D eigenvalue weighted by Gasteiger charge is -2.27. The van der Waals surface area contributed by atoms with Crippen molar-refractivity contribution in [2.24, 2.45) is 5.41 Å². The fourth-order valence-electron chi connectivity index (χ4n) is 1.43. The van der Waals surface area contributed by atoms with Crippen molar-refractivity contribution in [2.75, 3.05) is 20.3 Å². The van der Waals surface area contributed by atoms with Gasteiger partial charge in [0.25, 0.3) is 0 Å². The SMILES string of the molecule is COCCN(C(=O)C(C)(C)C#N)C1CC1. The van der Waals surface area contributed by atoms with Crippen molar-refractivity contribution < 1.29 is 9.53 Å². The summed E-state index contributed by atoms with van der Waals surface area (Å²) in [4.78, 5) is 13.8. The Morgan fingerprint density at radius 2 is 2.20 bits per heavy atom. The number of hydrogen-bond donors (Lipinski definition) is 0. The van der Waals surface area contributed by atoms with Crippen LogP contribution in [0.2, 0.25) is 0 Å². The van der Waals surface area contributed by atoms with Crippen molar-refractivity contribution in [3.8, 4) is 6.07 Å². The molecule has 1 amide bonds. The summed E-state index contributed by atoms with van der Waals surface area (Å²) in [6.45, 7) is 4.45. The van der Waals surface area contributed by atoms with Crippen molar-refractivity contribution in [1.82, 2.24) is 4.90 Å². The van der Waals surface area contributed by atoms with Crippen LogP contribution in [-0.4, -0.2) is 37.1 Å². The van der Waals surface area contributed by atoms with Gasteiger partial charge in [-0.25, -0.2) is 0 Å². The lowest BCUT2D eigenvalue weighted by atomic mass is 9.93. The van der Waals surface area contributed by atoms with E-state index in [1.807, 2.05) is 6.07 Å². The van der Waals surface area contributed by atoms with E-state index in [0.29, 0.717) is 19.2 Å². The van der Waals surface area contributed by atoms with E-state index in [4.69, 9.17) is 10.00 Å². The fraction of sp³-hybridized carbons (Fsp3) is 0.818. The van der Waals surface area contributed by atoms with Crippen LogP contribution >= 0.6 is 0 Å². The standard InChI is InChI=1S/C11H18N2O2/c1-11(2,8-12)10(14)13(6-7-15-3)9-4-5-9/h9H,4-7H2,1-3H3. The summed E-state index contributed by atoms with van der Waals surface area (Å²) in [5, 5.41) is 8.91. The molecule has 0 radical (unpaired) electrons. The van der Waals surface area contributed by atoms with Crippen molar-refractivity contribution in [3.63, 3.8) is 0 Å². The number of carbonyl (C=O) groups excluding carboxylic acids is 1. The maximum atomic E-state index is 12.0. The number of hydrogen-bond acceptors (Lipinski definition) is 3. The third-order valence-corrected chi connectivity index (χ3v) is 2.60. The van der Waals surface area contributed by atoms with E-state index in [0.717, 1.165) is 12.8 Å². The zero-order chi connectivity index (χ0) is 11.5. The second-order valence-electron chi connectivity index (χ2n) is 4.46. The van der Waals surface area contributed by atoms with Gasteiger partial charge in [-0.2, -0.15) is 5.26 Å². The fourth-order valence-corrected chi connectivity index (χ4v) is 1.43. The first-order valence-corrected chi connectivity index (χ1v) is 5.24. The minimum atomic E-state index is -0.920. The van der Waals surface area contributed by atoms with Gasteiger partial charge in [0, 0.05) is 19.7 Å². The van der Waals surface area contributed by atoms with E-state index in [9.17, 15) is 4.79 Å². The first-order chi connectivity index (χ1) is 7.03. The minimum Gasteiger partial charge on any atom is -0.383 e. The summed E-state index contributed by atoms with van der Waals surface area (Å²) in [5.41, 5.74) is -0.920. The Morgan fingerprint density at radius 1 is 1.60 bits per heavy atom. The lowest BCUT2D eigenvalue weighted by molar-refractivity contribution is -0.138. The van der Waals surface area contributed by atoms with Crippen molar-refractivity contribution in [2.45, 2.75) is 32.7 Å². The van der Waals surface area contributed by atoms with Crippen LogP contribution in [0.4, 0.5) is 0 Å². The third-order valence-electron chi connectivity index (χ3n) is 2.60. The maximum absolute atomic E-state index is 12.0. The summed E-state index contributed by atoms with van der Waals surface area (Å²) >= 11 is 0. The second kappa shape index (κ2) is 4.63. The Labute approximate surface area is 90.8 Å². The molecule has 0 saturated heterocycles. The molecule has 0 atom stereocenters. The van der Waals surface area contributed by atoms with Gasteiger partial charge < -0.3 is 9.64 Å².